The maximum atomic E-state index is 12.0. The summed E-state index contributed by atoms with van der Waals surface area (Å²) in [4.78, 5) is 25.4. The van der Waals surface area contributed by atoms with E-state index in [1.54, 1.807) is 12.4 Å². The predicted octanol–water partition coefficient (Wildman–Crippen LogP) is 2.06. The van der Waals surface area contributed by atoms with Crippen LogP contribution < -0.4 is 20.9 Å². The van der Waals surface area contributed by atoms with Gasteiger partial charge in [0.15, 0.2) is 11.5 Å². The van der Waals surface area contributed by atoms with Crippen molar-refractivity contribution in [3.05, 3.63) is 42.6 Å². The molecule has 3 aromatic rings. The molecule has 1 aliphatic carbocycles. The zero-order valence-corrected chi connectivity index (χ0v) is 17.7. The van der Waals surface area contributed by atoms with Crippen molar-refractivity contribution < 1.29 is 4.79 Å². The molecule has 1 saturated carbocycles. The molecule has 30 heavy (non-hydrogen) atoms. The number of carbonyl (C=O) groups excluding carboxylic acids is 1. The summed E-state index contributed by atoms with van der Waals surface area (Å²) < 4.78 is 2.47. The third kappa shape index (κ3) is 3.73. The van der Waals surface area contributed by atoms with Gasteiger partial charge in [-0.25, -0.2) is 9.97 Å². The normalized spacial score (nSPS) is 19.7. The lowest BCUT2D eigenvalue weighted by Gasteiger charge is -2.43. The van der Waals surface area contributed by atoms with Crippen LogP contribution in [-0.2, 0) is 0 Å². The van der Waals surface area contributed by atoms with Crippen LogP contribution in [0.2, 0.25) is 0 Å². The minimum Gasteiger partial charge on any atom is -0.364 e. The number of imidazole rings is 1. The second-order valence-electron chi connectivity index (χ2n) is 8.31. The maximum Gasteiger partial charge on any atom is 0.271 e. The predicted molar refractivity (Wildman–Crippen MR) is 118 cm³/mol. The van der Waals surface area contributed by atoms with Gasteiger partial charge in [-0.1, -0.05) is 6.42 Å². The number of pyridine rings is 1. The molecule has 0 radical (unpaired) electrons. The number of anilines is 2. The zero-order valence-electron chi connectivity index (χ0n) is 17.7. The molecule has 4 N–H and O–H groups in total. The molecule has 0 saturated heterocycles. The molecule has 0 aromatic carbocycles. The van der Waals surface area contributed by atoms with Crippen molar-refractivity contribution in [2.75, 3.05) is 26.5 Å². The third-order valence-electron chi connectivity index (χ3n) is 6.16. The van der Waals surface area contributed by atoms with Gasteiger partial charge < -0.3 is 20.8 Å². The number of nitrogens with one attached hydrogen (secondary N) is 2. The number of rotatable bonds is 6. The van der Waals surface area contributed by atoms with E-state index in [1.807, 2.05) is 36.0 Å². The highest BCUT2D eigenvalue weighted by atomic mass is 16.1. The van der Waals surface area contributed by atoms with Crippen LogP contribution >= 0.6 is 0 Å². The number of hydrogen-bond donors (Lipinski definition) is 3. The van der Waals surface area contributed by atoms with Gasteiger partial charge in [-0.2, -0.15) is 4.98 Å². The van der Waals surface area contributed by atoms with Crippen molar-refractivity contribution in [2.45, 2.75) is 37.8 Å². The van der Waals surface area contributed by atoms with Crippen LogP contribution in [0.5, 0.6) is 0 Å². The second kappa shape index (κ2) is 8.00. The summed E-state index contributed by atoms with van der Waals surface area (Å²) in [5, 5.41) is 6.69. The summed E-state index contributed by atoms with van der Waals surface area (Å²) in [6, 6.07) is 4.56. The highest BCUT2D eigenvalue weighted by Crippen LogP contribution is 2.31. The van der Waals surface area contributed by atoms with E-state index in [0.29, 0.717) is 22.4 Å². The van der Waals surface area contributed by atoms with E-state index in [-0.39, 0.29) is 5.69 Å². The van der Waals surface area contributed by atoms with Gasteiger partial charge in [0.2, 0.25) is 5.82 Å². The Hall–Kier alpha value is -3.04. The summed E-state index contributed by atoms with van der Waals surface area (Å²) in [7, 11) is 6.31. The molecule has 4 rings (SSSR count). The van der Waals surface area contributed by atoms with E-state index in [0.717, 1.165) is 30.0 Å². The quantitative estimate of drug-likeness (QED) is 0.538. The first kappa shape index (κ1) is 20.2. The number of amides is 1. The second-order valence-corrected chi connectivity index (χ2v) is 8.31. The van der Waals surface area contributed by atoms with Gasteiger partial charge in [0.05, 0.1) is 25.8 Å². The number of nitrogens with zero attached hydrogens (tertiary/aromatic N) is 5. The molecule has 0 aliphatic heterocycles. The number of quaternary nitrogens is 1. The number of nitrogens with two attached hydrogens (primary N) is 1. The smallest absolute Gasteiger partial charge is 0.271 e. The van der Waals surface area contributed by atoms with Crippen LogP contribution in [0.25, 0.3) is 5.65 Å². The number of aromatic nitrogens is 4. The van der Waals surface area contributed by atoms with Crippen molar-refractivity contribution in [1.82, 2.24) is 29.2 Å². The standard InChI is InChI=1S/C21H28N8O/c1-23-15-6-4-5-7-16(15)29(2,3)18-12-25-19(20(22)30)21(27-18)26-14-8-9-17-24-10-11-28(17)13-14/h8-13,15-16,23H,4-7H2,1-3H3,(H2-,22,26,27,30)/p+1. The Morgan fingerprint density at radius 2 is 2.03 bits per heavy atom. The lowest BCUT2D eigenvalue weighted by molar-refractivity contribution is 0.0996. The van der Waals surface area contributed by atoms with Gasteiger partial charge in [-0.3, -0.25) is 9.28 Å². The van der Waals surface area contributed by atoms with Crippen molar-refractivity contribution in [3.63, 3.8) is 0 Å². The van der Waals surface area contributed by atoms with Crippen LogP contribution in [0.15, 0.2) is 36.9 Å². The highest BCUT2D eigenvalue weighted by molar-refractivity contribution is 5.96. The molecule has 9 nitrogen and oxygen atoms in total. The average Bonchev–Trinajstić information content (AvgIpc) is 3.21. The molecule has 1 fully saturated rings. The lowest BCUT2D eigenvalue weighted by Crippen LogP contribution is -2.60. The fourth-order valence-corrected chi connectivity index (χ4v) is 4.45. The molecule has 9 heteroatoms. The number of carbonyl (C=O) groups is 1. The summed E-state index contributed by atoms with van der Waals surface area (Å²) in [5.41, 5.74) is 7.31. The van der Waals surface area contributed by atoms with Crippen molar-refractivity contribution >= 4 is 28.9 Å². The molecular weight excluding hydrogens is 380 g/mol. The molecule has 1 amide bonds. The topological polar surface area (TPSA) is 110 Å². The average molecular weight is 410 g/mol. The van der Waals surface area contributed by atoms with Crippen LogP contribution in [0.4, 0.5) is 17.3 Å². The Balaban J connectivity index is 1.70. The van der Waals surface area contributed by atoms with E-state index < -0.39 is 5.91 Å². The van der Waals surface area contributed by atoms with Crippen molar-refractivity contribution in [2.24, 2.45) is 5.73 Å². The lowest BCUT2D eigenvalue weighted by atomic mass is 9.88. The van der Waals surface area contributed by atoms with Crippen molar-refractivity contribution in [1.29, 1.82) is 0 Å². The molecular formula is C21H29N8O+. The van der Waals surface area contributed by atoms with E-state index in [2.05, 4.69) is 34.7 Å². The summed E-state index contributed by atoms with van der Waals surface area (Å²) in [5.74, 6) is 0.539. The molecule has 2 unspecified atom stereocenters. The van der Waals surface area contributed by atoms with Crippen LogP contribution in [0.1, 0.15) is 36.2 Å². The zero-order chi connectivity index (χ0) is 21.3. The minimum absolute atomic E-state index is 0.123. The largest absolute Gasteiger partial charge is 0.364 e. The number of primary amides is 1. The Morgan fingerprint density at radius 3 is 2.80 bits per heavy atom. The SMILES string of the molecule is CNC1CCCCC1[N+](C)(C)c1cnc(C(N)=O)c(Nc2ccc3nccn3c2)n1. The van der Waals surface area contributed by atoms with Gasteiger partial charge in [0, 0.05) is 25.0 Å². The molecule has 2 atom stereocenters. The molecule has 3 heterocycles. The fourth-order valence-electron chi connectivity index (χ4n) is 4.45. The Kier molecular flexibility index (Phi) is 5.40. The van der Waals surface area contributed by atoms with Crippen LogP contribution in [-0.4, -0.2) is 58.5 Å². The molecule has 158 valence electrons. The molecule has 1 aliphatic rings. The number of likely N-dealkylation sites (N-methyl/N-ethyl adjacent to an activating group) is 2. The van der Waals surface area contributed by atoms with E-state index in [4.69, 9.17) is 10.7 Å². The van der Waals surface area contributed by atoms with E-state index >= 15 is 0 Å². The monoisotopic (exact) mass is 409 g/mol. The Labute approximate surface area is 175 Å². The van der Waals surface area contributed by atoms with Crippen LogP contribution in [0.3, 0.4) is 0 Å². The van der Waals surface area contributed by atoms with Gasteiger partial charge in [-0.05, 0) is 32.0 Å². The highest BCUT2D eigenvalue weighted by Gasteiger charge is 2.40. The fraction of sp³-hybridized carbons (Fsp3) is 0.429. The third-order valence-corrected chi connectivity index (χ3v) is 6.16. The first-order valence-corrected chi connectivity index (χ1v) is 10.3. The van der Waals surface area contributed by atoms with Gasteiger partial charge in [-0.15, -0.1) is 0 Å². The van der Waals surface area contributed by atoms with E-state index in [9.17, 15) is 4.79 Å². The molecule has 0 bridgehead atoms. The number of hydrogen-bond acceptors (Lipinski definition) is 6. The van der Waals surface area contributed by atoms with E-state index in [1.165, 1.54) is 12.8 Å². The molecule has 0 spiro atoms. The van der Waals surface area contributed by atoms with Gasteiger partial charge >= 0.3 is 0 Å². The summed E-state index contributed by atoms with van der Waals surface area (Å²) in [6.45, 7) is 0. The van der Waals surface area contributed by atoms with Crippen LogP contribution in [0, 0.1) is 0 Å². The summed E-state index contributed by atoms with van der Waals surface area (Å²) >= 11 is 0. The first-order chi connectivity index (χ1) is 14.4. The molecule has 3 aromatic heterocycles. The minimum atomic E-state index is -0.615. The maximum absolute atomic E-state index is 12.0. The Bertz CT molecular complexity index is 1060. The first-order valence-electron chi connectivity index (χ1n) is 10.3. The van der Waals surface area contributed by atoms with Gasteiger partial charge in [0.25, 0.3) is 5.91 Å². The summed E-state index contributed by atoms with van der Waals surface area (Å²) in [6.07, 6.45) is 11.8. The Morgan fingerprint density at radius 1 is 1.23 bits per heavy atom. The van der Waals surface area contributed by atoms with Crippen molar-refractivity contribution in [3.8, 4) is 0 Å². The van der Waals surface area contributed by atoms with Gasteiger partial charge in [0.1, 0.15) is 17.9 Å². The number of fused-ring (bicyclic) bond motifs is 1.